The summed E-state index contributed by atoms with van der Waals surface area (Å²) in [5.41, 5.74) is 5.57. The van der Waals surface area contributed by atoms with E-state index in [1.54, 1.807) is 0 Å². The highest BCUT2D eigenvalue weighted by atomic mass is 127. The predicted molar refractivity (Wildman–Crippen MR) is 133 cm³/mol. The number of nitrogens with zero attached hydrogens (tertiary/aromatic N) is 5. The van der Waals surface area contributed by atoms with E-state index in [1.807, 2.05) is 59.0 Å². The summed E-state index contributed by atoms with van der Waals surface area (Å²) in [6.45, 7) is 9.75. The second kappa shape index (κ2) is 11.1. The highest BCUT2D eigenvalue weighted by Crippen LogP contribution is 2.14. The van der Waals surface area contributed by atoms with Crippen molar-refractivity contribution in [3.8, 4) is 5.69 Å². The lowest BCUT2D eigenvalue weighted by Gasteiger charge is -2.18. The molecule has 1 aromatic carbocycles. The summed E-state index contributed by atoms with van der Waals surface area (Å²) in [6, 6.07) is 12.3. The maximum absolute atomic E-state index is 4.72. The summed E-state index contributed by atoms with van der Waals surface area (Å²) in [4.78, 5) is 4.72. The largest absolute Gasteiger partial charge is 0.357 e. The van der Waals surface area contributed by atoms with Crippen molar-refractivity contribution < 1.29 is 0 Å². The fourth-order valence-corrected chi connectivity index (χ4v) is 3.35. The van der Waals surface area contributed by atoms with Crippen molar-refractivity contribution in [2.24, 2.45) is 12.0 Å². The summed E-state index contributed by atoms with van der Waals surface area (Å²) < 4.78 is 3.82. The molecule has 30 heavy (non-hydrogen) atoms. The molecular weight excluding hydrogens is 489 g/mol. The second-order valence-electron chi connectivity index (χ2n) is 7.30. The summed E-state index contributed by atoms with van der Waals surface area (Å²) in [7, 11) is 1.99. The lowest BCUT2D eigenvalue weighted by Crippen LogP contribution is -2.43. The highest BCUT2D eigenvalue weighted by molar-refractivity contribution is 14.0. The smallest absolute Gasteiger partial charge is 0.191 e. The van der Waals surface area contributed by atoms with E-state index in [-0.39, 0.29) is 30.0 Å². The number of para-hydroxylation sites is 1. The van der Waals surface area contributed by atoms with Crippen LogP contribution in [0.1, 0.15) is 36.5 Å². The molecule has 3 aromatic rings. The lowest BCUT2D eigenvalue weighted by molar-refractivity contribution is 0.635. The van der Waals surface area contributed by atoms with Gasteiger partial charge < -0.3 is 10.6 Å². The predicted octanol–water partition coefficient (Wildman–Crippen LogP) is 3.53. The van der Waals surface area contributed by atoms with Crippen LogP contribution in [0.15, 0.2) is 47.6 Å². The van der Waals surface area contributed by atoms with Crippen LogP contribution in [-0.4, -0.2) is 38.1 Å². The molecule has 1 atom stereocenters. The average molecular weight is 521 g/mol. The number of aliphatic imine (C=N–C) groups is 1. The zero-order chi connectivity index (χ0) is 20.8. The summed E-state index contributed by atoms with van der Waals surface area (Å²) in [6.07, 6.45) is 2.87. The number of guanidine groups is 1. The zero-order valence-corrected chi connectivity index (χ0v) is 20.7. The van der Waals surface area contributed by atoms with E-state index in [0.29, 0.717) is 6.54 Å². The van der Waals surface area contributed by atoms with Crippen LogP contribution in [0.5, 0.6) is 0 Å². The van der Waals surface area contributed by atoms with Crippen LogP contribution in [0.3, 0.4) is 0 Å². The Kier molecular flexibility index (Phi) is 8.88. The van der Waals surface area contributed by atoms with Crippen molar-refractivity contribution in [3.05, 3.63) is 65.2 Å². The van der Waals surface area contributed by atoms with Crippen LogP contribution in [0.25, 0.3) is 5.69 Å². The molecule has 1 unspecified atom stereocenters. The number of benzene rings is 1. The van der Waals surface area contributed by atoms with E-state index in [9.17, 15) is 0 Å². The van der Waals surface area contributed by atoms with Crippen molar-refractivity contribution in [2.45, 2.75) is 46.7 Å². The molecule has 0 amide bonds. The third-order valence-electron chi connectivity index (χ3n) is 4.96. The quantitative estimate of drug-likeness (QED) is 0.284. The monoisotopic (exact) mass is 521 g/mol. The minimum Gasteiger partial charge on any atom is -0.357 e. The molecule has 162 valence electrons. The number of nitrogens with one attached hydrogen (secondary N) is 2. The molecule has 0 aliphatic rings. The normalized spacial score (nSPS) is 12.4. The second-order valence-corrected chi connectivity index (χ2v) is 7.30. The van der Waals surface area contributed by atoms with Gasteiger partial charge in [-0.2, -0.15) is 10.2 Å². The van der Waals surface area contributed by atoms with Crippen LogP contribution >= 0.6 is 24.0 Å². The van der Waals surface area contributed by atoms with Crippen molar-refractivity contribution in [3.63, 3.8) is 0 Å². The van der Waals surface area contributed by atoms with Gasteiger partial charge in [0.05, 0.1) is 23.6 Å². The lowest BCUT2D eigenvalue weighted by atomic mass is 10.1. The molecule has 0 fully saturated rings. The Bertz CT molecular complexity index is 959. The molecule has 2 heterocycles. The fourth-order valence-electron chi connectivity index (χ4n) is 3.35. The van der Waals surface area contributed by atoms with Gasteiger partial charge in [-0.1, -0.05) is 18.2 Å². The summed E-state index contributed by atoms with van der Waals surface area (Å²) in [5.74, 6) is 0.799. The van der Waals surface area contributed by atoms with Crippen molar-refractivity contribution in [1.82, 2.24) is 30.2 Å². The third kappa shape index (κ3) is 6.07. The standard InChI is InChI=1S/C22H31N7.HI/c1-6-23-22(25-16(2)14-21-17(3)26-28(5)18(21)4)24-15-19-12-13-29(27-19)20-10-8-7-9-11-20;/h7-13,16H,6,14-15H2,1-5H3,(H2,23,24,25);1H. The Morgan fingerprint density at radius 1 is 1.13 bits per heavy atom. The van der Waals surface area contributed by atoms with Gasteiger partial charge in [-0.15, -0.1) is 24.0 Å². The number of halogens is 1. The molecule has 0 aliphatic carbocycles. The third-order valence-corrected chi connectivity index (χ3v) is 4.96. The molecule has 7 nitrogen and oxygen atoms in total. The van der Waals surface area contributed by atoms with Crippen LogP contribution in [0.4, 0.5) is 0 Å². The highest BCUT2D eigenvalue weighted by Gasteiger charge is 2.14. The van der Waals surface area contributed by atoms with E-state index in [2.05, 4.69) is 48.5 Å². The van der Waals surface area contributed by atoms with Gasteiger partial charge in [-0.3, -0.25) is 4.68 Å². The number of rotatable bonds is 7. The Morgan fingerprint density at radius 2 is 1.87 bits per heavy atom. The van der Waals surface area contributed by atoms with Crippen LogP contribution in [0.2, 0.25) is 0 Å². The van der Waals surface area contributed by atoms with E-state index in [0.717, 1.165) is 36.0 Å². The number of hydrogen-bond donors (Lipinski definition) is 2. The zero-order valence-electron chi connectivity index (χ0n) is 18.4. The average Bonchev–Trinajstić information content (AvgIpc) is 3.27. The molecule has 0 aliphatic heterocycles. The van der Waals surface area contributed by atoms with Crippen LogP contribution < -0.4 is 10.6 Å². The Hall–Kier alpha value is -2.36. The maximum Gasteiger partial charge on any atom is 0.191 e. The number of hydrogen-bond acceptors (Lipinski definition) is 3. The summed E-state index contributed by atoms with van der Waals surface area (Å²) >= 11 is 0. The first-order valence-electron chi connectivity index (χ1n) is 10.1. The van der Waals surface area contributed by atoms with Gasteiger partial charge in [-0.05, 0) is 57.9 Å². The molecule has 2 aromatic heterocycles. The van der Waals surface area contributed by atoms with Gasteiger partial charge >= 0.3 is 0 Å². The number of aryl methyl sites for hydroxylation is 2. The molecule has 8 heteroatoms. The fraction of sp³-hybridized carbons (Fsp3) is 0.409. The molecule has 3 rings (SSSR count). The molecule has 2 N–H and O–H groups in total. The first-order chi connectivity index (χ1) is 14.0. The molecule has 0 bridgehead atoms. The van der Waals surface area contributed by atoms with Crippen molar-refractivity contribution in [1.29, 1.82) is 0 Å². The van der Waals surface area contributed by atoms with Crippen LogP contribution in [-0.2, 0) is 20.0 Å². The Morgan fingerprint density at radius 3 is 2.50 bits per heavy atom. The molecule has 0 saturated carbocycles. The Labute approximate surface area is 196 Å². The maximum atomic E-state index is 4.72. The van der Waals surface area contributed by atoms with Gasteiger partial charge in [0.1, 0.15) is 0 Å². The van der Waals surface area contributed by atoms with E-state index in [4.69, 9.17) is 4.99 Å². The molecule has 0 radical (unpaired) electrons. The molecule has 0 spiro atoms. The van der Waals surface area contributed by atoms with Gasteiger partial charge in [0, 0.05) is 31.5 Å². The first kappa shape index (κ1) is 23.9. The van der Waals surface area contributed by atoms with E-state index in [1.165, 1.54) is 11.3 Å². The minimum absolute atomic E-state index is 0. The first-order valence-corrected chi connectivity index (χ1v) is 10.1. The van der Waals surface area contributed by atoms with Gasteiger partial charge in [0.15, 0.2) is 5.96 Å². The van der Waals surface area contributed by atoms with Gasteiger partial charge in [0.25, 0.3) is 0 Å². The SMILES string of the molecule is CCNC(=NCc1ccn(-c2ccccc2)n1)NC(C)Cc1c(C)nn(C)c1C.I. The van der Waals surface area contributed by atoms with Gasteiger partial charge in [0.2, 0.25) is 0 Å². The van der Waals surface area contributed by atoms with Gasteiger partial charge in [-0.25, -0.2) is 9.67 Å². The Balaban J connectivity index is 0.00000320. The number of aromatic nitrogens is 4. The van der Waals surface area contributed by atoms with Crippen molar-refractivity contribution in [2.75, 3.05) is 6.54 Å². The molecule has 0 saturated heterocycles. The molecular formula is C22H32IN7. The van der Waals surface area contributed by atoms with Crippen molar-refractivity contribution >= 4 is 29.9 Å². The topological polar surface area (TPSA) is 72.1 Å². The van der Waals surface area contributed by atoms with E-state index >= 15 is 0 Å². The summed E-state index contributed by atoms with van der Waals surface area (Å²) in [5, 5.41) is 16.0. The van der Waals surface area contributed by atoms with Crippen LogP contribution in [0, 0.1) is 13.8 Å². The minimum atomic E-state index is 0. The van der Waals surface area contributed by atoms with E-state index < -0.39 is 0 Å².